The number of hydrogen-bond donors (Lipinski definition) is 1. The summed E-state index contributed by atoms with van der Waals surface area (Å²) in [6.07, 6.45) is 0. The smallest absolute Gasteiger partial charge is 0.257 e. The van der Waals surface area contributed by atoms with Gasteiger partial charge in [-0.15, -0.1) is 0 Å². The van der Waals surface area contributed by atoms with Crippen molar-refractivity contribution >= 4 is 17.5 Å². The minimum atomic E-state index is -0.462. The molecule has 1 N–H and O–H groups in total. The normalized spacial score (nSPS) is 15.6. The molecule has 1 saturated heterocycles. The summed E-state index contributed by atoms with van der Waals surface area (Å²) in [6, 6.07) is 12.9. The number of rotatable bonds is 6. The average Bonchev–Trinajstić information content (AvgIpc) is 2.75. The minimum absolute atomic E-state index is 0.0721. The van der Waals surface area contributed by atoms with Crippen molar-refractivity contribution < 1.29 is 18.7 Å². The highest BCUT2D eigenvalue weighted by Crippen LogP contribution is 2.21. The van der Waals surface area contributed by atoms with Gasteiger partial charge in [0.1, 0.15) is 11.6 Å². The number of halogens is 1. The van der Waals surface area contributed by atoms with Crippen molar-refractivity contribution in [3.8, 4) is 5.75 Å². The lowest BCUT2D eigenvalue weighted by Gasteiger charge is -2.37. The van der Waals surface area contributed by atoms with Crippen LogP contribution in [0.5, 0.6) is 5.75 Å². The van der Waals surface area contributed by atoms with Gasteiger partial charge in [0.05, 0.1) is 23.9 Å². The Hall–Kier alpha value is -2.93. The van der Waals surface area contributed by atoms with E-state index in [0.29, 0.717) is 44.1 Å². The van der Waals surface area contributed by atoms with Crippen molar-refractivity contribution in [1.82, 2.24) is 9.80 Å². The molecule has 2 amide bonds. The first-order valence-corrected chi connectivity index (χ1v) is 9.81. The zero-order valence-electron chi connectivity index (χ0n) is 16.7. The number of benzene rings is 2. The van der Waals surface area contributed by atoms with E-state index in [1.165, 1.54) is 12.1 Å². The van der Waals surface area contributed by atoms with Crippen LogP contribution in [0.4, 0.5) is 10.1 Å². The number of carbonyl (C=O) groups is 2. The Bertz CT molecular complexity index is 866. The van der Waals surface area contributed by atoms with Gasteiger partial charge in [0.25, 0.3) is 5.91 Å². The molecule has 0 bridgehead atoms. The third-order valence-electron chi connectivity index (χ3n) is 5.08. The largest absolute Gasteiger partial charge is 0.493 e. The Labute approximate surface area is 170 Å². The summed E-state index contributed by atoms with van der Waals surface area (Å²) >= 11 is 0. The molecule has 1 fully saturated rings. The van der Waals surface area contributed by atoms with Crippen LogP contribution in [0.1, 0.15) is 24.2 Å². The van der Waals surface area contributed by atoms with Crippen LogP contribution in [0.15, 0.2) is 48.5 Å². The number of carbonyl (C=O) groups excluding carboxylic acids is 2. The van der Waals surface area contributed by atoms with Crippen LogP contribution >= 0.6 is 0 Å². The second kappa shape index (κ2) is 9.52. The zero-order valence-corrected chi connectivity index (χ0v) is 16.7. The molecule has 1 aliphatic rings. The Kier molecular flexibility index (Phi) is 6.82. The lowest BCUT2D eigenvalue weighted by molar-refractivity contribution is -0.121. The van der Waals surface area contributed by atoms with Crippen LogP contribution in [0, 0.1) is 5.82 Å². The fourth-order valence-corrected chi connectivity index (χ4v) is 3.37. The Morgan fingerprint density at radius 1 is 1.07 bits per heavy atom. The molecule has 0 aromatic heterocycles. The van der Waals surface area contributed by atoms with Crippen molar-refractivity contribution in [1.29, 1.82) is 0 Å². The van der Waals surface area contributed by atoms with E-state index in [0.717, 1.165) is 0 Å². The summed E-state index contributed by atoms with van der Waals surface area (Å²) in [7, 11) is 0. The third kappa shape index (κ3) is 4.92. The van der Waals surface area contributed by atoms with Crippen molar-refractivity contribution in [2.75, 3.05) is 38.1 Å². The minimum Gasteiger partial charge on any atom is -0.493 e. The number of hydrogen-bond acceptors (Lipinski definition) is 4. The lowest BCUT2D eigenvalue weighted by Crippen LogP contribution is -2.54. The molecular formula is C22H26FN3O3. The fourth-order valence-electron chi connectivity index (χ4n) is 3.37. The summed E-state index contributed by atoms with van der Waals surface area (Å²) in [5.74, 6) is -0.217. The molecule has 0 spiro atoms. The summed E-state index contributed by atoms with van der Waals surface area (Å²) in [5, 5.41) is 2.64. The van der Waals surface area contributed by atoms with E-state index >= 15 is 0 Å². The molecule has 2 aromatic carbocycles. The fraction of sp³-hybridized carbons (Fsp3) is 0.364. The van der Waals surface area contributed by atoms with Crippen LogP contribution in [0.2, 0.25) is 0 Å². The van der Waals surface area contributed by atoms with Gasteiger partial charge in [-0.2, -0.15) is 0 Å². The second-order valence-corrected chi connectivity index (χ2v) is 6.90. The summed E-state index contributed by atoms with van der Waals surface area (Å²) in [4.78, 5) is 29.2. The molecule has 0 saturated carbocycles. The van der Waals surface area contributed by atoms with Crippen LogP contribution in [0.3, 0.4) is 0 Å². The van der Waals surface area contributed by atoms with E-state index in [1.807, 2.05) is 24.0 Å². The van der Waals surface area contributed by atoms with Gasteiger partial charge >= 0.3 is 0 Å². The molecule has 0 radical (unpaired) electrons. The highest BCUT2D eigenvalue weighted by atomic mass is 19.1. The van der Waals surface area contributed by atoms with Crippen molar-refractivity contribution in [3.63, 3.8) is 0 Å². The molecule has 1 heterocycles. The Morgan fingerprint density at radius 2 is 1.72 bits per heavy atom. The van der Waals surface area contributed by atoms with Gasteiger partial charge in [0, 0.05) is 26.2 Å². The zero-order chi connectivity index (χ0) is 20.8. The van der Waals surface area contributed by atoms with E-state index < -0.39 is 11.9 Å². The Balaban J connectivity index is 1.58. The van der Waals surface area contributed by atoms with E-state index in [9.17, 15) is 14.0 Å². The number of nitrogens with zero attached hydrogens (tertiary/aromatic N) is 2. The number of nitrogens with one attached hydrogen (secondary N) is 1. The number of para-hydroxylation sites is 2. The number of anilines is 1. The van der Waals surface area contributed by atoms with Gasteiger partial charge in [0.15, 0.2) is 0 Å². The standard InChI is InChI=1S/C22H26FN3O3/c1-3-29-20-11-7-4-8-17(20)22(28)26-14-12-25(13-15-26)16(2)21(27)24-19-10-6-5-9-18(19)23/h4-11,16H,3,12-15H2,1-2H3,(H,24,27). The van der Waals surface area contributed by atoms with Crippen LogP contribution in [-0.4, -0.2) is 60.4 Å². The highest BCUT2D eigenvalue weighted by molar-refractivity contribution is 5.97. The monoisotopic (exact) mass is 399 g/mol. The molecule has 29 heavy (non-hydrogen) atoms. The van der Waals surface area contributed by atoms with Gasteiger partial charge in [-0.25, -0.2) is 4.39 Å². The first-order chi connectivity index (χ1) is 14.0. The topological polar surface area (TPSA) is 61.9 Å². The van der Waals surface area contributed by atoms with Gasteiger partial charge < -0.3 is 15.0 Å². The predicted octanol–water partition coefficient (Wildman–Crippen LogP) is 3.01. The maximum Gasteiger partial charge on any atom is 0.257 e. The molecule has 1 atom stereocenters. The molecule has 154 valence electrons. The Morgan fingerprint density at radius 3 is 2.41 bits per heavy atom. The predicted molar refractivity (Wildman–Crippen MR) is 110 cm³/mol. The van der Waals surface area contributed by atoms with Gasteiger partial charge in [-0.05, 0) is 38.1 Å². The van der Waals surface area contributed by atoms with E-state index in [-0.39, 0.29) is 17.5 Å². The summed E-state index contributed by atoms with van der Waals surface area (Å²) < 4.78 is 19.3. The van der Waals surface area contributed by atoms with Crippen molar-refractivity contribution in [3.05, 3.63) is 59.9 Å². The van der Waals surface area contributed by atoms with Gasteiger partial charge in [-0.1, -0.05) is 24.3 Å². The first kappa shape index (κ1) is 20.8. The second-order valence-electron chi connectivity index (χ2n) is 6.90. The molecule has 1 unspecified atom stereocenters. The molecule has 2 aromatic rings. The van der Waals surface area contributed by atoms with Crippen LogP contribution in [0.25, 0.3) is 0 Å². The number of piperazine rings is 1. The molecule has 0 aliphatic carbocycles. The van der Waals surface area contributed by atoms with Crippen LogP contribution in [-0.2, 0) is 4.79 Å². The average molecular weight is 399 g/mol. The number of amides is 2. The molecule has 6 nitrogen and oxygen atoms in total. The maximum atomic E-state index is 13.8. The van der Waals surface area contributed by atoms with E-state index in [2.05, 4.69) is 5.32 Å². The van der Waals surface area contributed by atoms with Crippen molar-refractivity contribution in [2.45, 2.75) is 19.9 Å². The molecule has 3 rings (SSSR count). The van der Waals surface area contributed by atoms with Crippen LogP contribution < -0.4 is 10.1 Å². The van der Waals surface area contributed by atoms with Gasteiger partial charge in [0.2, 0.25) is 5.91 Å². The van der Waals surface area contributed by atoms with E-state index in [4.69, 9.17) is 4.74 Å². The molecular weight excluding hydrogens is 373 g/mol. The molecule has 1 aliphatic heterocycles. The molecule has 7 heteroatoms. The maximum absolute atomic E-state index is 13.8. The highest BCUT2D eigenvalue weighted by Gasteiger charge is 2.29. The first-order valence-electron chi connectivity index (χ1n) is 9.81. The summed E-state index contributed by atoms with van der Waals surface area (Å²) in [5.41, 5.74) is 0.721. The van der Waals surface area contributed by atoms with Gasteiger partial charge in [-0.3, -0.25) is 14.5 Å². The third-order valence-corrected chi connectivity index (χ3v) is 5.08. The SMILES string of the molecule is CCOc1ccccc1C(=O)N1CCN(C(C)C(=O)Nc2ccccc2F)CC1. The quantitative estimate of drug-likeness (QED) is 0.811. The summed E-state index contributed by atoms with van der Waals surface area (Å²) in [6.45, 7) is 6.31. The lowest BCUT2D eigenvalue weighted by atomic mass is 10.1. The van der Waals surface area contributed by atoms with E-state index in [1.54, 1.807) is 36.1 Å². The number of ether oxygens (including phenoxy) is 1. The van der Waals surface area contributed by atoms with Crippen molar-refractivity contribution in [2.24, 2.45) is 0 Å².